The van der Waals surface area contributed by atoms with E-state index in [1.807, 2.05) is 25.1 Å². The molecule has 1 aromatic rings. The van der Waals surface area contributed by atoms with Gasteiger partial charge in [-0.25, -0.2) is 0 Å². The van der Waals surface area contributed by atoms with Crippen LogP contribution in [0.4, 0.5) is 0 Å². The Balaban J connectivity index is 2.78. The van der Waals surface area contributed by atoms with E-state index in [-0.39, 0.29) is 6.10 Å². The van der Waals surface area contributed by atoms with Gasteiger partial charge in [-0.3, -0.25) is 0 Å². The van der Waals surface area contributed by atoms with Crippen LogP contribution in [0.15, 0.2) is 35.3 Å². The van der Waals surface area contributed by atoms with Gasteiger partial charge < -0.3 is 4.74 Å². The van der Waals surface area contributed by atoms with Crippen molar-refractivity contribution in [2.75, 3.05) is 6.61 Å². The topological polar surface area (TPSA) is 9.23 Å². The number of ether oxygens (including phenoxy) is 1. The van der Waals surface area contributed by atoms with Crippen LogP contribution >= 0.6 is 27.5 Å². The fourth-order valence-electron chi connectivity index (χ4n) is 1.13. The van der Waals surface area contributed by atoms with Crippen molar-refractivity contribution in [3.8, 4) is 0 Å². The minimum absolute atomic E-state index is 0.0413. The lowest BCUT2D eigenvalue weighted by Crippen LogP contribution is -2.00. The average Bonchev–Trinajstić information content (AvgIpc) is 2.14. The molecule has 0 saturated heterocycles. The van der Waals surface area contributed by atoms with Crippen LogP contribution < -0.4 is 0 Å². The molecule has 0 bridgehead atoms. The SMILES string of the molecule is C=CCOC(C)c1ccc(Cl)cc1Br. The first-order valence-electron chi connectivity index (χ1n) is 4.32. The Morgan fingerprint density at radius 2 is 2.36 bits per heavy atom. The molecule has 0 aromatic heterocycles. The smallest absolute Gasteiger partial charge is 0.0811 e. The van der Waals surface area contributed by atoms with Gasteiger partial charge in [-0.1, -0.05) is 39.7 Å². The molecular formula is C11H12BrClO. The summed E-state index contributed by atoms with van der Waals surface area (Å²) in [5.41, 5.74) is 1.09. The van der Waals surface area contributed by atoms with Crippen LogP contribution in [0, 0.1) is 0 Å². The van der Waals surface area contributed by atoms with E-state index >= 15 is 0 Å². The third kappa shape index (κ3) is 3.12. The summed E-state index contributed by atoms with van der Waals surface area (Å²) in [7, 11) is 0. The quantitative estimate of drug-likeness (QED) is 0.742. The maximum absolute atomic E-state index is 5.84. The highest BCUT2D eigenvalue weighted by Crippen LogP contribution is 2.28. The minimum Gasteiger partial charge on any atom is -0.370 e. The maximum Gasteiger partial charge on any atom is 0.0811 e. The third-order valence-electron chi connectivity index (χ3n) is 1.86. The van der Waals surface area contributed by atoms with Crippen LogP contribution in [0.3, 0.4) is 0 Å². The van der Waals surface area contributed by atoms with Crippen molar-refractivity contribution in [1.82, 2.24) is 0 Å². The summed E-state index contributed by atoms with van der Waals surface area (Å²) in [6.45, 7) is 6.15. The van der Waals surface area contributed by atoms with Crippen molar-refractivity contribution in [3.63, 3.8) is 0 Å². The fourth-order valence-corrected chi connectivity index (χ4v) is 2.14. The summed E-state index contributed by atoms with van der Waals surface area (Å²) in [6, 6.07) is 5.68. The van der Waals surface area contributed by atoms with Gasteiger partial charge in [-0.05, 0) is 24.6 Å². The van der Waals surface area contributed by atoms with Gasteiger partial charge in [0.05, 0.1) is 12.7 Å². The molecule has 3 heteroatoms. The first kappa shape index (κ1) is 11.8. The molecule has 0 amide bonds. The predicted octanol–water partition coefficient (Wildman–Crippen LogP) is 4.37. The second-order valence-corrected chi connectivity index (χ2v) is 4.22. The van der Waals surface area contributed by atoms with E-state index in [1.165, 1.54) is 0 Å². The van der Waals surface area contributed by atoms with E-state index in [9.17, 15) is 0 Å². The van der Waals surface area contributed by atoms with Crippen molar-refractivity contribution < 1.29 is 4.74 Å². The van der Waals surface area contributed by atoms with Crippen molar-refractivity contribution in [2.45, 2.75) is 13.0 Å². The van der Waals surface area contributed by atoms with Crippen LogP contribution in [0.25, 0.3) is 0 Å². The largest absolute Gasteiger partial charge is 0.370 e. The lowest BCUT2D eigenvalue weighted by Gasteiger charge is -2.13. The Hall–Kier alpha value is -0.310. The van der Waals surface area contributed by atoms with Gasteiger partial charge >= 0.3 is 0 Å². The standard InChI is InChI=1S/C11H12BrClO/c1-3-6-14-8(2)10-5-4-9(13)7-11(10)12/h3-5,7-8H,1,6H2,2H3. The van der Waals surface area contributed by atoms with Gasteiger partial charge in [0, 0.05) is 9.50 Å². The second-order valence-electron chi connectivity index (χ2n) is 2.93. The summed E-state index contributed by atoms with van der Waals surface area (Å²) in [4.78, 5) is 0. The Bertz CT molecular complexity index is 325. The molecule has 0 aliphatic carbocycles. The molecule has 0 aliphatic rings. The molecule has 0 radical (unpaired) electrons. The van der Waals surface area contributed by atoms with Crippen LogP contribution in [0.5, 0.6) is 0 Å². The molecule has 0 fully saturated rings. The van der Waals surface area contributed by atoms with Crippen LogP contribution in [0.1, 0.15) is 18.6 Å². The summed E-state index contributed by atoms with van der Waals surface area (Å²) >= 11 is 9.29. The Kier molecular flexibility index (Phi) is 4.66. The number of rotatable bonds is 4. The highest BCUT2D eigenvalue weighted by atomic mass is 79.9. The van der Waals surface area contributed by atoms with Gasteiger partial charge in [-0.2, -0.15) is 0 Å². The minimum atomic E-state index is 0.0413. The van der Waals surface area contributed by atoms with E-state index in [0.29, 0.717) is 6.61 Å². The number of hydrogen-bond acceptors (Lipinski definition) is 1. The lowest BCUT2D eigenvalue weighted by molar-refractivity contribution is 0.0883. The van der Waals surface area contributed by atoms with Crippen molar-refractivity contribution >= 4 is 27.5 Å². The van der Waals surface area contributed by atoms with E-state index in [4.69, 9.17) is 16.3 Å². The molecule has 1 unspecified atom stereocenters. The highest BCUT2D eigenvalue weighted by molar-refractivity contribution is 9.10. The van der Waals surface area contributed by atoms with E-state index in [2.05, 4.69) is 22.5 Å². The Labute approximate surface area is 97.9 Å². The van der Waals surface area contributed by atoms with Crippen LogP contribution in [-0.4, -0.2) is 6.61 Å². The van der Waals surface area contributed by atoms with Gasteiger partial charge in [0.2, 0.25) is 0 Å². The van der Waals surface area contributed by atoms with Crippen LogP contribution in [0.2, 0.25) is 5.02 Å². The molecule has 0 spiro atoms. The molecule has 0 N–H and O–H groups in total. The predicted molar refractivity (Wildman–Crippen MR) is 63.7 cm³/mol. The van der Waals surface area contributed by atoms with E-state index in [0.717, 1.165) is 15.1 Å². The zero-order chi connectivity index (χ0) is 10.6. The summed E-state index contributed by atoms with van der Waals surface area (Å²) in [5, 5.41) is 0.719. The van der Waals surface area contributed by atoms with Gasteiger partial charge in [0.25, 0.3) is 0 Å². The molecule has 14 heavy (non-hydrogen) atoms. The van der Waals surface area contributed by atoms with E-state index in [1.54, 1.807) is 6.08 Å². The zero-order valence-electron chi connectivity index (χ0n) is 7.97. The zero-order valence-corrected chi connectivity index (χ0v) is 10.3. The number of halogens is 2. The molecule has 0 heterocycles. The average molecular weight is 276 g/mol. The summed E-state index contributed by atoms with van der Waals surface area (Å²) in [5.74, 6) is 0. The molecule has 0 saturated carbocycles. The van der Waals surface area contributed by atoms with Gasteiger partial charge in [0.1, 0.15) is 0 Å². The molecular weight excluding hydrogens is 263 g/mol. The monoisotopic (exact) mass is 274 g/mol. The third-order valence-corrected chi connectivity index (χ3v) is 2.79. The molecule has 1 rings (SSSR count). The summed E-state index contributed by atoms with van der Waals surface area (Å²) < 4.78 is 6.48. The van der Waals surface area contributed by atoms with Crippen molar-refractivity contribution in [1.29, 1.82) is 0 Å². The summed E-state index contributed by atoms with van der Waals surface area (Å²) in [6.07, 6.45) is 1.78. The maximum atomic E-state index is 5.84. The first-order valence-corrected chi connectivity index (χ1v) is 5.49. The van der Waals surface area contributed by atoms with Crippen LogP contribution in [-0.2, 0) is 4.74 Å². The lowest BCUT2D eigenvalue weighted by atomic mass is 10.1. The second kappa shape index (κ2) is 5.54. The van der Waals surface area contributed by atoms with Crippen molar-refractivity contribution in [3.05, 3.63) is 45.9 Å². The Morgan fingerprint density at radius 3 is 2.93 bits per heavy atom. The Morgan fingerprint density at radius 1 is 1.64 bits per heavy atom. The van der Waals surface area contributed by atoms with E-state index < -0.39 is 0 Å². The number of benzene rings is 1. The van der Waals surface area contributed by atoms with Gasteiger partial charge in [0.15, 0.2) is 0 Å². The number of hydrogen-bond donors (Lipinski definition) is 0. The molecule has 0 aliphatic heterocycles. The normalized spacial score (nSPS) is 12.5. The van der Waals surface area contributed by atoms with Crippen molar-refractivity contribution in [2.24, 2.45) is 0 Å². The molecule has 1 atom stereocenters. The molecule has 1 nitrogen and oxygen atoms in total. The highest BCUT2D eigenvalue weighted by Gasteiger charge is 2.08. The molecule has 1 aromatic carbocycles. The fraction of sp³-hybridized carbons (Fsp3) is 0.273. The van der Waals surface area contributed by atoms with Gasteiger partial charge in [-0.15, -0.1) is 6.58 Å². The first-order chi connectivity index (χ1) is 6.65. The molecule has 76 valence electrons.